The van der Waals surface area contributed by atoms with E-state index in [0.29, 0.717) is 18.1 Å². The van der Waals surface area contributed by atoms with Crippen LogP contribution in [0.25, 0.3) is 0 Å². The molecule has 0 saturated carbocycles. The SMILES string of the molecule is NC(=O)c1cc(N)cnc1NCc1ccccn1. The molecule has 0 aliphatic heterocycles. The van der Waals surface area contributed by atoms with Crippen molar-refractivity contribution < 1.29 is 4.79 Å². The molecule has 0 aliphatic rings. The smallest absolute Gasteiger partial charge is 0.252 e. The zero-order valence-electron chi connectivity index (χ0n) is 9.63. The van der Waals surface area contributed by atoms with E-state index in [4.69, 9.17) is 11.5 Å². The fourth-order valence-electron chi connectivity index (χ4n) is 1.49. The predicted octanol–water partition coefficient (Wildman–Crippen LogP) is 0.770. The molecular formula is C12H13N5O. The summed E-state index contributed by atoms with van der Waals surface area (Å²) in [6, 6.07) is 7.08. The largest absolute Gasteiger partial charge is 0.397 e. The van der Waals surface area contributed by atoms with Crippen LogP contribution < -0.4 is 16.8 Å². The summed E-state index contributed by atoms with van der Waals surface area (Å²) in [5.41, 5.74) is 12.3. The Bertz CT molecular complexity index is 556. The van der Waals surface area contributed by atoms with Gasteiger partial charge in [0.2, 0.25) is 0 Å². The molecule has 0 bridgehead atoms. The van der Waals surface area contributed by atoms with E-state index in [0.717, 1.165) is 5.69 Å². The van der Waals surface area contributed by atoms with Crippen molar-refractivity contribution in [2.75, 3.05) is 11.1 Å². The molecule has 6 nitrogen and oxygen atoms in total. The molecule has 18 heavy (non-hydrogen) atoms. The fourth-order valence-corrected chi connectivity index (χ4v) is 1.49. The van der Waals surface area contributed by atoms with Crippen LogP contribution >= 0.6 is 0 Å². The Kier molecular flexibility index (Phi) is 3.38. The number of nitrogen functional groups attached to an aromatic ring is 1. The summed E-state index contributed by atoms with van der Waals surface area (Å²) in [7, 11) is 0. The third kappa shape index (κ3) is 2.73. The highest BCUT2D eigenvalue weighted by molar-refractivity contribution is 5.98. The molecule has 0 fully saturated rings. The summed E-state index contributed by atoms with van der Waals surface area (Å²) in [5, 5.41) is 3.01. The van der Waals surface area contributed by atoms with Crippen molar-refractivity contribution in [1.82, 2.24) is 9.97 Å². The Morgan fingerprint density at radius 3 is 2.83 bits per heavy atom. The molecule has 0 radical (unpaired) electrons. The van der Waals surface area contributed by atoms with Gasteiger partial charge in [-0.15, -0.1) is 0 Å². The molecule has 2 aromatic rings. The minimum atomic E-state index is -0.571. The molecule has 0 spiro atoms. The van der Waals surface area contributed by atoms with Crippen molar-refractivity contribution in [2.24, 2.45) is 5.73 Å². The number of nitrogens with two attached hydrogens (primary N) is 2. The van der Waals surface area contributed by atoms with E-state index in [2.05, 4.69) is 15.3 Å². The standard InChI is InChI=1S/C12H13N5O/c13-8-5-10(11(14)18)12(16-6-8)17-7-9-3-1-2-4-15-9/h1-6H,7,13H2,(H2,14,18)(H,16,17). The summed E-state index contributed by atoms with van der Waals surface area (Å²) < 4.78 is 0. The Labute approximate surface area is 104 Å². The van der Waals surface area contributed by atoms with Crippen molar-refractivity contribution in [1.29, 1.82) is 0 Å². The predicted molar refractivity (Wildman–Crippen MR) is 68.7 cm³/mol. The highest BCUT2D eigenvalue weighted by Crippen LogP contribution is 2.15. The van der Waals surface area contributed by atoms with Crippen LogP contribution in [-0.4, -0.2) is 15.9 Å². The van der Waals surface area contributed by atoms with Gasteiger partial charge < -0.3 is 16.8 Å². The second kappa shape index (κ2) is 5.13. The van der Waals surface area contributed by atoms with Gasteiger partial charge in [-0.1, -0.05) is 6.07 Å². The summed E-state index contributed by atoms with van der Waals surface area (Å²) in [6.07, 6.45) is 3.16. The first-order valence-corrected chi connectivity index (χ1v) is 5.36. The average Bonchev–Trinajstić information content (AvgIpc) is 2.38. The van der Waals surface area contributed by atoms with Crippen molar-refractivity contribution in [2.45, 2.75) is 6.54 Å². The summed E-state index contributed by atoms with van der Waals surface area (Å²) in [6.45, 7) is 0.456. The number of hydrogen-bond acceptors (Lipinski definition) is 5. The molecule has 0 aromatic carbocycles. The molecule has 0 atom stereocenters. The molecular weight excluding hydrogens is 230 g/mol. The van der Waals surface area contributed by atoms with Gasteiger partial charge in [0, 0.05) is 6.20 Å². The Morgan fingerprint density at radius 1 is 1.33 bits per heavy atom. The lowest BCUT2D eigenvalue weighted by atomic mass is 10.2. The maximum Gasteiger partial charge on any atom is 0.252 e. The van der Waals surface area contributed by atoms with Crippen LogP contribution in [0.2, 0.25) is 0 Å². The first kappa shape index (κ1) is 11.8. The van der Waals surface area contributed by atoms with Gasteiger partial charge in [-0.25, -0.2) is 4.98 Å². The molecule has 0 aliphatic carbocycles. The number of primary amides is 1. The number of nitrogens with one attached hydrogen (secondary N) is 1. The van der Waals surface area contributed by atoms with Gasteiger partial charge >= 0.3 is 0 Å². The third-order valence-electron chi connectivity index (χ3n) is 2.34. The highest BCUT2D eigenvalue weighted by Gasteiger charge is 2.09. The molecule has 6 heteroatoms. The summed E-state index contributed by atoms with van der Waals surface area (Å²) >= 11 is 0. The first-order chi connectivity index (χ1) is 8.66. The topological polar surface area (TPSA) is 107 Å². The van der Waals surface area contributed by atoms with Crippen LogP contribution in [0.3, 0.4) is 0 Å². The number of carbonyl (C=O) groups is 1. The van der Waals surface area contributed by atoms with E-state index in [1.54, 1.807) is 6.20 Å². The van der Waals surface area contributed by atoms with Crippen molar-refractivity contribution in [3.8, 4) is 0 Å². The molecule has 1 amide bonds. The molecule has 5 N–H and O–H groups in total. The minimum absolute atomic E-state index is 0.269. The summed E-state index contributed by atoms with van der Waals surface area (Å²) in [4.78, 5) is 19.5. The Balaban J connectivity index is 2.17. The lowest BCUT2D eigenvalue weighted by Crippen LogP contribution is -2.16. The quantitative estimate of drug-likeness (QED) is 0.735. The number of carbonyl (C=O) groups excluding carboxylic acids is 1. The molecule has 0 unspecified atom stereocenters. The average molecular weight is 243 g/mol. The van der Waals surface area contributed by atoms with Gasteiger partial charge in [0.05, 0.1) is 29.7 Å². The number of anilines is 2. The molecule has 0 saturated heterocycles. The van der Waals surface area contributed by atoms with Crippen LogP contribution in [-0.2, 0) is 6.54 Å². The maximum atomic E-state index is 11.3. The van der Waals surface area contributed by atoms with Crippen molar-refractivity contribution in [3.05, 3.63) is 47.9 Å². The first-order valence-electron chi connectivity index (χ1n) is 5.36. The minimum Gasteiger partial charge on any atom is -0.397 e. The van der Waals surface area contributed by atoms with E-state index in [-0.39, 0.29) is 5.56 Å². The lowest BCUT2D eigenvalue weighted by molar-refractivity contribution is 0.100. The molecule has 2 aromatic heterocycles. The number of pyridine rings is 2. The third-order valence-corrected chi connectivity index (χ3v) is 2.34. The highest BCUT2D eigenvalue weighted by atomic mass is 16.1. The zero-order valence-corrected chi connectivity index (χ0v) is 9.63. The fraction of sp³-hybridized carbons (Fsp3) is 0.0833. The normalized spacial score (nSPS) is 10.0. The van der Waals surface area contributed by atoms with Crippen LogP contribution in [0.4, 0.5) is 11.5 Å². The van der Waals surface area contributed by atoms with Crippen LogP contribution in [0.1, 0.15) is 16.1 Å². The number of hydrogen-bond donors (Lipinski definition) is 3. The molecule has 92 valence electrons. The van der Waals surface area contributed by atoms with Gasteiger partial charge in [-0.3, -0.25) is 9.78 Å². The van der Waals surface area contributed by atoms with E-state index >= 15 is 0 Å². The van der Waals surface area contributed by atoms with Crippen LogP contribution in [0.5, 0.6) is 0 Å². The Morgan fingerprint density at radius 2 is 2.17 bits per heavy atom. The maximum absolute atomic E-state index is 11.3. The van der Waals surface area contributed by atoms with Gasteiger partial charge in [-0.2, -0.15) is 0 Å². The monoisotopic (exact) mass is 243 g/mol. The van der Waals surface area contributed by atoms with E-state index in [9.17, 15) is 4.79 Å². The number of aromatic nitrogens is 2. The van der Waals surface area contributed by atoms with E-state index in [1.807, 2.05) is 18.2 Å². The number of nitrogens with zero attached hydrogens (tertiary/aromatic N) is 2. The van der Waals surface area contributed by atoms with Gasteiger partial charge in [0.25, 0.3) is 5.91 Å². The second-order valence-corrected chi connectivity index (χ2v) is 3.70. The van der Waals surface area contributed by atoms with E-state index < -0.39 is 5.91 Å². The summed E-state index contributed by atoms with van der Waals surface area (Å²) in [5.74, 6) is -0.166. The number of rotatable bonds is 4. The number of amides is 1. The van der Waals surface area contributed by atoms with Gasteiger partial charge in [-0.05, 0) is 18.2 Å². The molecule has 2 heterocycles. The van der Waals surface area contributed by atoms with Gasteiger partial charge in [0.1, 0.15) is 5.82 Å². The molecule has 2 rings (SSSR count). The second-order valence-electron chi connectivity index (χ2n) is 3.70. The zero-order chi connectivity index (χ0) is 13.0. The Hall–Kier alpha value is -2.63. The lowest BCUT2D eigenvalue weighted by Gasteiger charge is -2.09. The van der Waals surface area contributed by atoms with Crippen LogP contribution in [0.15, 0.2) is 36.7 Å². The van der Waals surface area contributed by atoms with Crippen LogP contribution in [0, 0.1) is 0 Å². The van der Waals surface area contributed by atoms with Gasteiger partial charge in [0.15, 0.2) is 0 Å². The van der Waals surface area contributed by atoms with E-state index in [1.165, 1.54) is 12.3 Å². The van der Waals surface area contributed by atoms with Crippen molar-refractivity contribution >= 4 is 17.4 Å². The van der Waals surface area contributed by atoms with Crippen molar-refractivity contribution in [3.63, 3.8) is 0 Å².